The largest absolute Gasteiger partial charge is 0.354 e. The van der Waals surface area contributed by atoms with Crippen molar-refractivity contribution in [3.05, 3.63) is 0 Å². The topological polar surface area (TPSA) is 58.4 Å². The normalized spacial score (nSPS) is 28.1. The van der Waals surface area contributed by atoms with E-state index in [1.807, 2.05) is 0 Å². The van der Waals surface area contributed by atoms with E-state index in [1.165, 1.54) is 13.0 Å². The number of carbonyl (C=O) groups is 1. The molecule has 0 aromatic heterocycles. The predicted molar refractivity (Wildman–Crippen MR) is 68.5 cm³/mol. The van der Waals surface area contributed by atoms with Crippen LogP contribution in [0.4, 0.5) is 0 Å². The van der Waals surface area contributed by atoms with Gasteiger partial charge in [0, 0.05) is 13.1 Å². The van der Waals surface area contributed by atoms with Crippen molar-refractivity contribution in [1.82, 2.24) is 10.2 Å². The summed E-state index contributed by atoms with van der Waals surface area (Å²) >= 11 is 0. The number of likely N-dealkylation sites (tertiary alicyclic amines) is 1. The fourth-order valence-electron chi connectivity index (χ4n) is 2.56. The molecule has 0 bridgehead atoms. The second kappa shape index (κ2) is 4.25. The van der Waals surface area contributed by atoms with Gasteiger partial charge in [0.1, 0.15) is 0 Å². The Bertz CT molecular complexity index is 310. The summed E-state index contributed by atoms with van der Waals surface area (Å²) in [6.07, 6.45) is 2.91. The highest BCUT2D eigenvalue weighted by Crippen LogP contribution is 2.35. The molecule has 98 valence electrons. The monoisotopic (exact) mass is 239 g/mol. The van der Waals surface area contributed by atoms with Crippen LogP contribution in [0, 0.1) is 11.3 Å². The van der Waals surface area contributed by atoms with E-state index < -0.39 is 5.54 Å². The van der Waals surface area contributed by atoms with E-state index in [1.54, 1.807) is 0 Å². The zero-order valence-electron chi connectivity index (χ0n) is 11.3. The maximum Gasteiger partial charge on any atom is 0.240 e. The van der Waals surface area contributed by atoms with Crippen molar-refractivity contribution >= 4 is 5.91 Å². The fourth-order valence-corrected chi connectivity index (χ4v) is 2.56. The van der Waals surface area contributed by atoms with Crippen LogP contribution in [0.1, 0.15) is 33.1 Å². The van der Waals surface area contributed by atoms with Gasteiger partial charge < -0.3 is 16.0 Å². The number of carbonyl (C=O) groups excluding carboxylic acids is 1. The molecule has 1 aliphatic carbocycles. The number of nitrogens with one attached hydrogen (secondary N) is 1. The number of nitrogens with two attached hydrogens (primary N) is 1. The number of rotatable bonds is 4. The summed E-state index contributed by atoms with van der Waals surface area (Å²) in [5.41, 5.74) is 5.49. The first-order chi connectivity index (χ1) is 7.83. The van der Waals surface area contributed by atoms with E-state index >= 15 is 0 Å². The van der Waals surface area contributed by atoms with E-state index in [-0.39, 0.29) is 11.3 Å². The van der Waals surface area contributed by atoms with Gasteiger partial charge in [-0.1, -0.05) is 13.8 Å². The summed E-state index contributed by atoms with van der Waals surface area (Å²) in [5.74, 6) is 0.706. The van der Waals surface area contributed by atoms with E-state index in [0.717, 1.165) is 25.9 Å². The lowest BCUT2D eigenvalue weighted by atomic mass is 9.78. The van der Waals surface area contributed by atoms with Crippen LogP contribution in [-0.2, 0) is 4.79 Å². The van der Waals surface area contributed by atoms with Crippen LogP contribution in [0.2, 0.25) is 0 Å². The summed E-state index contributed by atoms with van der Waals surface area (Å²) in [4.78, 5) is 14.2. The number of hydrogen-bond acceptors (Lipinski definition) is 3. The highest BCUT2D eigenvalue weighted by Gasteiger charge is 2.46. The molecule has 1 saturated carbocycles. The highest BCUT2D eigenvalue weighted by molar-refractivity contribution is 5.88. The lowest BCUT2D eigenvalue weighted by molar-refractivity contribution is -0.123. The number of hydrogen-bond donors (Lipinski definition) is 2. The van der Waals surface area contributed by atoms with Crippen molar-refractivity contribution in [2.75, 3.05) is 26.7 Å². The van der Waals surface area contributed by atoms with Crippen LogP contribution >= 0.6 is 0 Å². The van der Waals surface area contributed by atoms with E-state index in [9.17, 15) is 4.79 Å². The average Bonchev–Trinajstić information content (AvgIpc) is 2.84. The van der Waals surface area contributed by atoms with Crippen molar-refractivity contribution in [3.63, 3.8) is 0 Å². The van der Waals surface area contributed by atoms with Gasteiger partial charge in [-0.15, -0.1) is 0 Å². The molecule has 1 saturated heterocycles. The minimum Gasteiger partial charge on any atom is -0.354 e. The molecule has 1 aliphatic heterocycles. The Hall–Kier alpha value is -0.610. The minimum atomic E-state index is -0.539. The SMILES string of the molecule is CN1CCC(C(C)(C)CNC(=O)C2(N)CC2)C1. The molecule has 4 heteroatoms. The molecule has 2 fully saturated rings. The number of nitrogens with zero attached hydrogens (tertiary/aromatic N) is 1. The zero-order chi connectivity index (χ0) is 12.7. The molecule has 0 radical (unpaired) electrons. The van der Waals surface area contributed by atoms with Gasteiger partial charge in [-0.25, -0.2) is 0 Å². The molecule has 2 rings (SSSR count). The van der Waals surface area contributed by atoms with Crippen LogP contribution in [-0.4, -0.2) is 43.0 Å². The molecular weight excluding hydrogens is 214 g/mol. The third-order valence-electron chi connectivity index (χ3n) is 4.44. The van der Waals surface area contributed by atoms with Crippen LogP contribution in [0.15, 0.2) is 0 Å². The molecule has 0 aromatic carbocycles. The first-order valence-electron chi connectivity index (χ1n) is 6.59. The van der Waals surface area contributed by atoms with Gasteiger partial charge in [-0.05, 0) is 44.2 Å². The standard InChI is InChI=1S/C13H25N3O/c1-12(2,10-4-7-16(3)8-10)9-15-11(17)13(14)5-6-13/h10H,4-9,14H2,1-3H3,(H,15,17). The van der Waals surface area contributed by atoms with E-state index in [4.69, 9.17) is 5.73 Å². The molecular formula is C13H25N3O. The van der Waals surface area contributed by atoms with Gasteiger partial charge >= 0.3 is 0 Å². The number of amides is 1. The molecule has 1 atom stereocenters. The zero-order valence-corrected chi connectivity index (χ0v) is 11.3. The van der Waals surface area contributed by atoms with Crippen molar-refractivity contribution in [2.24, 2.45) is 17.1 Å². The van der Waals surface area contributed by atoms with Crippen LogP contribution in [0.5, 0.6) is 0 Å². The van der Waals surface area contributed by atoms with Gasteiger partial charge in [0.05, 0.1) is 5.54 Å². The lowest BCUT2D eigenvalue weighted by Crippen LogP contribution is -2.47. The van der Waals surface area contributed by atoms with Gasteiger partial charge in [0.25, 0.3) is 0 Å². The molecule has 1 heterocycles. The second-order valence-electron chi connectivity index (χ2n) is 6.58. The van der Waals surface area contributed by atoms with Crippen molar-refractivity contribution in [2.45, 2.75) is 38.6 Å². The molecule has 3 N–H and O–H groups in total. The van der Waals surface area contributed by atoms with Crippen LogP contribution < -0.4 is 11.1 Å². The third-order valence-corrected chi connectivity index (χ3v) is 4.44. The molecule has 0 aromatic rings. The fraction of sp³-hybridized carbons (Fsp3) is 0.923. The third kappa shape index (κ3) is 2.80. The summed E-state index contributed by atoms with van der Waals surface area (Å²) in [5, 5.41) is 3.03. The van der Waals surface area contributed by atoms with Gasteiger partial charge in [-0.2, -0.15) is 0 Å². The van der Waals surface area contributed by atoms with Gasteiger partial charge in [0.15, 0.2) is 0 Å². The minimum absolute atomic E-state index is 0.0388. The molecule has 17 heavy (non-hydrogen) atoms. The maximum atomic E-state index is 11.8. The Labute approximate surface area is 104 Å². The quantitative estimate of drug-likeness (QED) is 0.754. The van der Waals surface area contributed by atoms with Gasteiger partial charge in [-0.3, -0.25) is 4.79 Å². The Kier molecular flexibility index (Phi) is 3.21. The smallest absolute Gasteiger partial charge is 0.240 e. The first kappa shape index (κ1) is 12.8. The Morgan fingerprint density at radius 1 is 1.53 bits per heavy atom. The van der Waals surface area contributed by atoms with Crippen molar-refractivity contribution in [1.29, 1.82) is 0 Å². The van der Waals surface area contributed by atoms with Crippen molar-refractivity contribution < 1.29 is 4.79 Å². The Morgan fingerprint density at radius 3 is 2.65 bits per heavy atom. The first-order valence-corrected chi connectivity index (χ1v) is 6.59. The molecule has 0 spiro atoms. The summed E-state index contributed by atoms with van der Waals surface area (Å²) in [6, 6.07) is 0. The summed E-state index contributed by atoms with van der Waals surface area (Å²) in [7, 11) is 2.16. The summed E-state index contributed by atoms with van der Waals surface area (Å²) in [6.45, 7) is 7.53. The molecule has 1 amide bonds. The second-order valence-corrected chi connectivity index (χ2v) is 6.58. The highest BCUT2D eigenvalue weighted by atomic mass is 16.2. The summed E-state index contributed by atoms with van der Waals surface area (Å²) < 4.78 is 0. The Morgan fingerprint density at radius 2 is 2.18 bits per heavy atom. The van der Waals surface area contributed by atoms with Crippen LogP contribution in [0.25, 0.3) is 0 Å². The molecule has 1 unspecified atom stereocenters. The lowest BCUT2D eigenvalue weighted by Gasteiger charge is -2.32. The predicted octanol–water partition coefficient (Wildman–Crippen LogP) is 0.572. The van der Waals surface area contributed by atoms with Crippen LogP contribution in [0.3, 0.4) is 0 Å². The van der Waals surface area contributed by atoms with Gasteiger partial charge in [0.2, 0.25) is 5.91 Å². The molecule has 2 aliphatic rings. The molecule has 4 nitrogen and oxygen atoms in total. The van der Waals surface area contributed by atoms with E-state index in [2.05, 4.69) is 31.1 Å². The van der Waals surface area contributed by atoms with E-state index in [0.29, 0.717) is 5.92 Å². The Balaban J connectivity index is 1.82. The van der Waals surface area contributed by atoms with Crippen molar-refractivity contribution in [3.8, 4) is 0 Å². The average molecular weight is 239 g/mol. The maximum absolute atomic E-state index is 11.8.